The number of benzene rings is 1. The van der Waals surface area contributed by atoms with Crippen LogP contribution in [0.3, 0.4) is 0 Å². The quantitative estimate of drug-likeness (QED) is 0.625. The van der Waals surface area contributed by atoms with Crippen LogP contribution in [-0.4, -0.2) is 23.5 Å². The molecule has 5 nitrogen and oxygen atoms in total. The topological polar surface area (TPSA) is 83.6 Å². The van der Waals surface area contributed by atoms with E-state index in [1.165, 1.54) is 12.1 Å². The summed E-state index contributed by atoms with van der Waals surface area (Å²) in [6, 6.07) is 4.39. The van der Waals surface area contributed by atoms with E-state index >= 15 is 0 Å². The molecule has 0 spiro atoms. The van der Waals surface area contributed by atoms with E-state index in [0.29, 0.717) is 24.3 Å². The highest BCUT2D eigenvalue weighted by atomic mass is 16.4. The van der Waals surface area contributed by atoms with E-state index in [0.717, 1.165) is 0 Å². The zero-order chi connectivity index (χ0) is 13.3. The van der Waals surface area contributed by atoms with Gasteiger partial charge < -0.3 is 15.7 Å². The van der Waals surface area contributed by atoms with Crippen molar-refractivity contribution in [3.8, 4) is 0 Å². The number of carboxylic acid groups (broad SMARTS) is 1. The molecule has 2 rings (SSSR count). The Balaban J connectivity index is 2.32. The first kappa shape index (κ1) is 12.2. The molecule has 1 fully saturated rings. The first-order chi connectivity index (χ1) is 8.52. The maximum atomic E-state index is 11.8. The fourth-order valence-corrected chi connectivity index (χ4v) is 2.06. The molecule has 1 aliphatic rings. The second-order valence-corrected chi connectivity index (χ2v) is 4.28. The maximum absolute atomic E-state index is 11.8. The summed E-state index contributed by atoms with van der Waals surface area (Å²) in [5, 5.41) is 8.85. The number of carbonyl (C=O) groups excluding carboxylic acids is 1. The van der Waals surface area contributed by atoms with Crippen LogP contribution >= 0.6 is 0 Å². The first-order valence-electron chi connectivity index (χ1n) is 5.58. The van der Waals surface area contributed by atoms with Crippen molar-refractivity contribution in [2.75, 3.05) is 17.2 Å². The molecule has 3 N–H and O–H groups in total. The summed E-state index contributed by atoms with van der Waals surface area (Å²) < 4.78 is 0. The second kappa shape index (κ2) is 4.52. The molecule has 18 heavy (non-hydrogen) atoms. The minimum Gasteiger partial charge on any atom is -0.478 e. The molecule has 1 aromatic carbocycles. The monoisotopic (exact) mass is 246 g/mol. The van der Waals surface area contributed by atoms with Crippen LogP contribution in [0.15, 0.2) is 30.9 Å². The molecule has 0 radical (unpaired) electrons. The van der Waals surface area contributed by atoms with Crippen LogP contribution in [0.5, 0.6) is 0 Å². The summed E-state index contributed by atoms with van der Waals surface area (Å²) in [6.45, 7) is 4.22. The van der Waals surface area contributed by atoms with Gasteiger partial charge in [0.2, 0.25) is 5.91 Å². The molecule has 1 atom stereocenters. The van der Waals surface area contributed by atoms with Crippen molar-refractivity contribution in [3.05, 3.63) is 36.4 Å². The van der Waals surface area contributed by atoms with Crippen molar-refractivity contribution in [2.24, 2.45) is 5.92 Å². The molecular formula is C13H14N2O3. The number of nitrogens with zero attached hydrogens (tertiary/aromatic N) is 1. The number of carbonyl (C=O) groups is 2. The van der Waals surface area contributed by atoms with E-state index in [2.05, 4.69) is 6.58 Å². The molecule has 0 bridgehead atoms. The molecule has 5 heteroatoms. The van der Waals surface area contributed by atoms with E-state index in [1.807, 2.05) is 0 Å². The summed E-state index contributed by atoms with van der Waals surface area (Å²) in [6.07, 6.45) is 2.17. The summed E-state index contributed by atoms with van der Waals surface area (Å²) in [4.78, 5) is 24.2. The lowest BCUT2D eigenvalue weighted by Gasteiger charge is -2.18. The molecule has 1 amide bonds. The van der Waals surface area contributed by atoms with Crippen molar-refractivity contribution in [2.45, 2.75) is 6.42 Å². The van der Waals surface area contributed by atoms with Crippen molar-refractivity contribution in [1.29, 1.82) is 0 Å². The van der Waals surface area contributed by atoms with E-state index in [-0.39, 0.29) is 17.4 Å². The Morgan fingerprint density at radius 1 is 1.56 bits per heavy atom. The standard InChI is InChI=1S/C13H14N2O3/c1-2-8-5-12(16)15(7-8)11-4-3-9(13(17)18)6-10(11)14/h2-4,6,8H,1,5,7,14H2,(H,17,18). The highest BCUT2D eigenvalue weighted by molar-refractivity contribution is 6.00. The summed E-state index contributed by atoms with van der Waals surface area (Å²) in [7, 11) is 0. The Labute approximate surface area is 105 Å². The van der Waals surface area contributed by atoms with Gasteiger partial charge in [0.1, 0.15) is 0 Å². The maximum Gasteiger partial charge on any atom is 0.335 e. The number of rotatable bonds is 3. The van der Waals surface area contributed by atoms with Gasteiger partial charge in [-0.1, -0.05) is 6.08 Å². The Bertz CT molecular complexity index is 525. The molecular weight excluding hydrogens is 232 g/mol. The van der Waals surface area contributed by atoms with Gasteiger partial charge in [-0.3, -0.25) is 4.79 Å². The Morgan fingerprint density at radius 3 is 2.78 bits per heavy atom. The third-order valence-corrected chi connectivity index (χ3v) is 3.05. The van der Waals surface area contributed by atoms with Gasteiger partial charge in [0.15, 0.2) is 0 Å². The summed E-state index contributed by atoms with van der Waals surface area (Å²) >= 11 is 0. The fourth-order valence-electron chi connectivity index (χ4n) is 2.06. The van der Waals surface area contributed by atoms with Gasteiger partial charge in [-0.15, -0.1) is 6.58 Å². The molecule has 0 saturated carbocycles. The van der Waals surface area contributed by atoms with Crippen molar-refractivity contribution in [3.63, 3.8) is 0 Å². The van der Waals surface area contributed by atoms with Crippen LogP contribution in [0.2, 0.25) is 0 Å². The van der Waals surface area contributed by atoms with Gasteiger partial charge in [0.25, 0.3) is 0 Å². The van der Waals surface area contributed by atoms with Crippen molar-refractivity contribution < 1.29 is 14.7 Å². The Morgan fingerprint density at radius 2 is 2.28 bits per heavy atom. The molecule has 1 unspecified atom stereocenters. The molecule has 1 heterocycles. The van der Waals surface area contributed by atoms with E-state index in [9.17, 15) is 9.59 Å². The third kappa shape index (κ3) is 2.07. The number of hydrogen-bond acceptors (Lipinski definition) is 3. The molecule has 0 aliphatic carbocycles. The SMILES string of the molecule is C=CC1CC(=O)N(c2ccc(C(=O)O)cc2N)C1. The summed E-state index contributed by atoms with van der Waals surface area (Å²) in [5.41, 5.74) is 6.78. The van der Waals surface area contributed by atoms with Gasteiger partial charge in [-0.05, 0) is 18.2 Å². The molecule has 1 aromatic rings. The Hall–Kier alpha value is -2.30. The number of hydrogen-bond donors (Lipinski definition) is 2. The average Bonchev–Trinajstić information content (AvgIpc) is 2.70. The number of nitrogen functional groups attached to an aromatic ring is 1. The lowest BCUT2D eigenvalue weighted by Crippen LogP contribution is -2.25. The van der Waals surface area contributed by atoms with Crippen LogP contribution < -0.4 is 10.6 Å². The lowest BCUT2D eigenvalue weighted by atomic mass is 10.1. The van der Waals surface area contributed by atoms with Crippen LogP contribution in [-0.2, 0) is 4.79 Å². The largest absolute Gasteiger partial charge is 0.478 e. The third-order valence-electron chi connectivity index (χ3n) is 3.05. The molecule has 1 aliphatic heterocycles. The summed E-state index contributed by atoms with van der Waals surface area (Å²) in [5.74, 6) is -0.935. The van der Waals surface area contributed by atoms with Gasteiger partial charge in [0.05, 0.1) is 16.9 Å². The van der Waals surface area contributed by atoms with Crippen molar-refractivity contribution in [1.82, 2.24) is 0 Å². The van der Waals surface area contributed by atoms with E-state index < -0.39 is 5.97 Å². The zero-order valence-electron chi connectivity index (χ0n) is 9.80. The first-order valence-corrected chi connectivity index (χ1v) is 5.58. The molecule has 0 aromatic heterocycles. The van der Waals surface area contributed by atoms with Crippen LogP contribution in [0, 0.1) is 5.92 Å². The fraction of sp³-hybridized carbons (Fsp3) is 0.231. The minimum absolute atomic E-state index is 0.0188. The van der Waals surface area contributed by atoms with E-state index in [1.54, 1.807) is 17.0 Å². The van der Waals surface area contributed by atoms with Gasteiger partial charge >= 0.3 is 5.97 Å². The van der Waals surface area contributed by atoms with Gasteiger partial charge in [-0.2, -0.15) is 0 Å². The van der Waals surface area contributed by atoms with Gasteiger partial charge in [0, 0.05) is 18.9 Å². The van der Waals surface area contributed by atoms with Crippen LogP contribution in [0.4, 0.5) is 11.4 Å². The van der Waals surface area contributed by atoms with E-state index in [4.69, 9.17) is 10.8 Å². The normalized spacial score (nSPS) is 19.0. The number of nitrogens with two attached hydrogens (primary N) is 1. The highest BCUT2D eigenvalue weighted by Gasteiger charge is 2.29. The lowest BCUT2D eigenvalue weighted by molar-refractivity contribution is -0.117. The number of anilines is 2. The van der Waals surface area contributed by atoms with Crippen molar-refractivity contribution >= 4 is 23.3 Å². The minimum atomic E-state index is -1.04. The zero-order valence-corrected chi connectivity index (χ0v) is 9.80. The number of amides is 1. The van der Waals surface area contributed by atoms with Gasteiger partial charge in [-0.25, -0.2) is 4.79 Å². The highest BCUT2D eigenvalue weighted by Crippen LogP contribution is 2.30. The molecule has 1 saturated heterocycles. The number of carboxylic acids is 1. The van der Waals surface area contributed by atoms with Crippen LogP contribution in [0.1, 0.15) is 16.8 Å². The number of aromatic carboxylic acids is 1. The second-order valence-electron chi connectivity index (χ2n) is 4.28. The average molecular weight is 246 g/mol. The van der Waals surface area contributed by atoms with Crippen LogP contribution in [0.25, 0.3) is 0 Å². The smallest absolute Gasteiger partial charge is 0.335 e. The molecule has 94 valence electrons. The Kier molecular flexibility index (Phi) is 3.06. The predicted octanol–water partition coefficient (Wildman–Crippen LogP) is 1.51. The predicted molar refractivity (Wildman–Crippen MR) is 68.5 cm³/mol.